The van der Waals surface area contributed by atoms with E-state index < -0.39 is 0 Å². The van der Waals surface area contributed by atoms with Gasteiger partial charge in [0.1, 0.15) is 0 Å². The number of carbonyl (C=O) groups is 1. The van der Waals surface area contributed by atoms with Gasteiger partial charge >= 0.3 is 0 Å². The largest absolute Gasteiger partial charge is 0.302 e. The SMILES string of the molecule is CC(=O)Nc1nc(CSc2nccn2-c2cc(C)ccc2C)cs1. The van der Waals surface area contributed by atoms with E-state index >= 15 is 0 Å². The molecular formula is C17H18N4OS2. The monoisotopic (exact) mass is 358 g/mol. The highest BCUT2D eigenvalue weighted by atomic mass is 32.2. The minimum Gasteiger partial charge on any atom is -0.302 e. The Morgan fingerprint density at radius 1 is 1.38 bits per heavy atom. The van der Waals surface area contributed by atoms with Gasteiger partial charge in [0.2, 0.25) is 5.91 Å². The molecule has 0 aliphatic heterocycles. The van der Waals surface area contributed by atoms with Gasteiger partial charge in [0.05, 0.1) is 11.4 Å². The molecule has 3 aromatic rings. The lowest BCUT2D eigenvalue weighted by Gasteiger charge is -2.11. The number of benzene rings is 1. The third-order valence-electron chi connectivity index (χ3n) is 3.41. The number of imidazole rings is 1. The van der Waals surface area contributed by atoms with Crippen LogP contribution in [-0.4, -0.2) is 20.4 Å². The van der Waals surface area contributed by atoms with E-state index in [-0.39, 0.29) is 5.91 Å². The van der Waals surface area contributed by atoms with Crippen LogP contribution in [-0.2, 0) is 10.5 Å². The molecule has 0 aliphatic carbocycles. The molecule has 0 atom stereocenters. The van der Waals surface area contributed by atoms with E-state index in [1.807, 2.05) is 17.8 Å². The van der Waals surface area contributed by atoms with Crippen LogP contribution in [0.1, 0.15) is 23.7 Å². The number of nitrogens with one attached hydrogen (secondary N) is 1. The molecule has 0 fully saturated rings. The first kappa shape index (κ1) is 16.7. The number of hydrogen-bond donors (Lipinski definition) is 1. The predicted octanol–water partition coefficient (Wildman–Crippen LogP) is 4.20. The molecule has 2 heterocycles. The van der Waals surface area contributed by atoms with Gasteiger partial charge in [0.25, 0.3) is 0 Å². The van der Waals surface area contributed by atoms with Crippen LogP contribution in [0.3, 0.4) is 0 Å². The maximum atomic E-state index is 11.1. The Labute approximate surface area is 149 Å². The summed E-state index contributed by atoms with van der Waals surface area (Å²) < 4.78 is 2.11. The number of aromatic nitrogens is 3. The summed E-state index contributed by atoms with van der Waals surface area (Å²) in [5.41, 5.74) is 4.51. The number of thiazole rings is 1. The molecule has 0 unspecified atom stereocenters. The minimum absolute atomic E-state index is 0.103. The Hall–Kier alpha value is -2.12. The number of carbonyl (C=O) groups excluding carboxylic acids is 1. The molecule has 0 bridgehead atoms. The molecule has 0 saturated heterocycles. The van der Waals surface area contributed by atoms with E-state index in [1.165, 1.54) is 29.4 Å². The number of aryl methyl sites for hydroxylation is 2. The molecule has 0 radical (unpaired) electrons. The lowest BCUT2D eigenvalue weighted by atomic mass is 10.1. The van der Waals surface area contributed by atoms with Crippen molar-refractivity contribution in [3.05, 3.63) is 52.8 Å². The van der Waals surface area contributed by atoms with E-state index in [0.29, 0.717) is 10.9 Å². The first-order valence-corrected chi connectivity index (χ1v) is 9.35. The molecule has 1 N–H and O–H groups in total. The normalized spacial score (nSPS) is 10.8. The van der Waals surface area contributed by atoms with Gasteiger partial charge in [0.15, 0.2) is 10.3 Å². The zero-order chi connectivity index (χ0) is 17.1. The van der Waals surface area contributed by atoms with Crippen LogP contribution >= 0.6 is 23.1 Å². The van der Waals surface area contributed by atoms with Gasteiger partial charge in [-0.15, -0.1) is 11.3 Å². The molecule has 3 rings (SSSR count). The average Bonchev–Trinajstić information content (AvgIpc) is 3.16. The van der Waals surface area contributed by atoms with Gasteiger partial charge in [-0.3, -0.25) is 9.36 Å². The number of amides is 1. The standard InChI is InChI=1S/C17H18N4OS2/c1-11-4-5-12(2)15(8-11)21-7-6-18-17(21)24-10-14-9-23-16(20-14)19-13(3)22/h4-9H,10H2,1-3H3,(H,19,20,22). The second kappa shape index (κ2) is 7.19. The highest BCUT2D eigenvalue weighted by molar-refractivity contribution is 7.98. The van der Waals surface area contributed by atoms with Crippen molar-refractivity contribution in [3.8, 4) is 5.69 Å². The fourth-order valence-electron chi connectivity index (χ4n) is 2.28. The molecular weight excluding hydrogens is 340 g/mol. The van der Waals surface area contributed by atoms with Crippen molar-refractivity contribution in [2.24, 2.45) is 0 Å². The second-order valence-corrected chi connectivity index (χ2v) is 7.28. The van der Waals surface area contributed by atoms with Crippen molar-refractivity contribution in [2.75, 3.05) is 5.32 Å². The number of hydrogen-bond acceptors (Lipinski definition) is 5. The summed E-state index contributed by atoms with van der Waals surface area (Å²) in [6, 6.07) is 6.40. The van der Waals surface area contributed by atoms with Gasteiger partial charge in [-0.05, 0) is 31.0 Å². The van der Waals surface area contributed by atoms with Gasteiger partial charge < -0.3 is 5.32 Å². The Kier molecular flexibility index (Phi) is 5.01. The van der Waals surface area contributed by atoms with Gasteiger partial charge in [0, 0.05) is 30.5 Å². The maximum Gasteiger partial charge on any atom is 0.223 e. The molecule has 5 nitrogen and oxygen atoms in total. The molecule has 1 amide bonds. The Bertz CT molecular complexity index is 869. The van der Waals surface area contributed by atoms with E-state index in [2.05, 4.69) is 51.9 Å². The molecule has 0 saturated carbocycles. The van der Waals surface area contributed by atoms with E-state index in [9.17, 15) is 4.79 Å². The molecule has 7 heteroatoms. The van der Waals surface area contributed by atoms with Crippen LogP contribution < -0.4 is 5.32 Å². The average molecular weight is 358 g/mol. The van der Waals surface area contributed by atoms with Crippen molar-refractivity contribution >= 4 is 34.1 Å². The second-order valence-electron chi connectivity index (χ2n) is 5.48. The lowest BCUT2D eigenvalue weighted by Crippen LogP contribution is -2.05. The van der Waals surface area contributed by atoms with Gasteiger partial charge in [-0.2, -0.15) is 0 Å². The first-order valence-electron chi connectivity index (χ1n) is 7.48. The smallest absolute Gasteiger partial charge is 0.223 e. The van der Waals surface area contributed by atoms with Crippen molar-refractivity contribution < 1.29 is 4.79 Å². The van der Waals surface area contributed by atoms with Gasteiger partial charge in [-0.1, -0.05) is 23.9 Å². The minimum atomic E-state index is -0.103. The van der Waals surface area contributed by atoms with Crippen molar-refractivity contribution in [2.45, 2.75) is 31.7 Å². The van der Waals surface area contributed by atoms with Crippen molar-refractivity contribution in [3.63, 3.8) is 0 Å². The third-order valence-corrected chi connectivity index (χ3v) is 5.22. The molecule has 1 aromatic carbocycles. The number of thioether (sulfide) groups is 1. The highest BCUT2D eigenvalue weighted by Crippen LogP contribution is 2.27. The van der Waals surface area contributed by atoms with Gasteiger partial charge in [-0.25, -0.2) is 9.97 Å². The van der Waals surface area contributed by atoms with E-state index in [1.54, 1.807) is 11.8 Å². The molecule has 0 spiro atoms. The summed E-state index contributed by atoms with van der Waals surface area (Å²) in [5.74, 6) is 0.604. The molecule has 0 aliphatic rings. The number of anilines is 1. The summed E-state index contributed by atoms with van der Waals surface area (Å²) in [7, 11) is 0. The summed E-state index contributed by atoms with van der Waals surface area (Å²) in [4.78, 5) is 19.9. The van der Waals surface area contributed by atoms with Crippen LogP contribution in [0.5, 0.6) is 0 Å². The highest BCUT2D eigenvalue weighted by Gasteiger charge is 2.10. The maximum absolute atomic E-state index is 11.1. The van der Waals surface area contributed by atoms with Crippen LogP contribution in [0.2, 0.25) is 0 Å². The topological polar surface area (TPSA) is 59.8 Å². The van der Waals surface area contributed by atoms with E-state index in [0.717, 1.165) is 16.5 Å². The molecule has 24 heavy (non-hydrogen) atoms. The van der Waals surface area contributed by atoms with Crippen LogP contribution in [0.15, 0.2) is 41.1 Å². The predicted molar refractivity (Wildman–Crippen MR) is 99.0 cm³/mol. The van der Waals surface area contributed by atoms with Crippen LogP contribution in [0.25, 0.3) is 5.69 Å². The zero-order valence-electron chi connectivity index (χ0n) is 13.7. The fourth-order valence-corrected chi connectivity index (χ4v) is 4.00. The third kappa shape index (κ3) is 3.85. The summed E-state index contributed by atoms with van der Waals surface area (Å²) in [6.07, 6.45) is 3.79. The molecule has 124 valence electrons. The fraction of sp³-hybridized carbons (Fsp3) is 0.235. The summed E-state index contributed by atoms with van der Waals surface area (Å²) >= 11 is 3.07. The Morgan fingerprint density at radius 2 is 2.21 bits per heavy atom. The summed E-state index contributed by atoms with van der Waals surface area (Å²) in [5, 5.41) is 6.23. The first-order chi connectivity index (χ1) is 11.5. The Morgan fingerprint density at radius 3 is 3.00 bits per heavy atom. The molecule has 2 aromatic heterocycles. The Balaban J connectivity index is 1.75. The quantitative estimate of drug-likeness (QED) is 0.695. The number of nitrogens with zero attached hydrogens (tertiary/aromatic N) is 3. The number of rotatable bonds is 5. The lowest BCUT2D eigenvalue weighted by molar-refractivity contribution is -0.114. The van der Waals surface area contributed by atoms with Crippen molar-refractivity contribution in [1.82, 2.24) is 14.5 Å². The van der Waals surface area contributed by atoms with E-state index in [4.69, 9.17) is 0 Å². The zero-order valence-corrected chi connectivity index (χ0v) is 15.4. The van der Waals surface area contributed by atoms with Crippen LogP contribution in [0.4, 0.5) is 5.13 Å². The van der Waals surface area contributed by atoms with Crippen molar-refractivity contribution in [1.29, 1.82) is 0 Å². The van der Waals surface area contributed by atoms with Crippen LogP contribution in [0, 0.1) is 13.8 Å². The summed E-state index contributed by atoms with van der Waals surface area (Å²) in [6.45, 7) is 5.67.